The van der Waals surface area contributed by atoms with Crippen molar-refractivity contribution in [2.45, 2.75) is 24.5 Å². The van der Waals surface area contributed by atoms with Crippen molar-refractivity contribution < 1.29 is 29.0 Å². The summed E-state index contributed by atoms with van der Waals surface area (Å²) in [5.74, 6) is -1.91. The molecule has 1 fully saturated rings. The van der Waals surface area contributed by atoms with Gasteiger partial charge < -0.3 is 20.1 Å². The van der Waals surface area contributed by atoms with Gasteiger partial charge in [-0.1, -0.05) is 42.5 Å². The monoisotopic (exact) mass is 570 g/mol. The number of fused-ring (bicyclic) bond motifs is 4. The van der Waals surface area contributed by atoms with E-state index in [0.717, 1.165) is 32.6 Å². The maximum atomic E-state index is 14.2. The molecule has 0 saturated carbocycles. The van der Waals surface area contributed by atoms with E-state index in [1.165, 1.54) is 12.1 Å². The van der Waals surface area contributed by atoms with Crippen LogP contribution in [0, 0.1) is 0 Å². The summed E-state index contributed by atoms with van der Waals surface area (Å²) in [7, 11) is 1.57. The van der Waals surface area contributed by atoms with Crippen LogP contribution in [0.4, 0.5) is 10.5 Å². The molecule has 4 amide bonds. The third-order valence-electron chi connectivity index (χ3n) is 7.66. The van der Waals surface area contributed by atoms with Gasteiger partial charge in [-0.15, -0.1) is 0 Å². The van der Waals surface area contributed by atoms with E-state index < -0.39 is 41.9 Å². The first kappa shape index (κ1) is 26.5. The van der Waals surface area contributed by atoms with Crippen molar-refractivity contribution in [2.75, 3.05) is 17.8 Å². The number of rotatable bonds is 7. The van der Waals surface area contributed by atoms with E-state index in [1.54, 1.807) is 36.3 Å². The summed E-state index contributed by atoms with van der Waals surface area (Å²) in [5, 5.41) is 12.8. The highest BCUT2D eigenvalue weighted by Crippen LogP contribution is 2.45. The Morgan fingerprint density at radius 3 is 2.49 bits per heavy atom. The number of H-pyrrole nitrogens is 1. The normalized spacial score (nSPS) is 18.7. The minimum atomic E-state index is -1.24. The number of methoxy groups -OCH3 is 1. The number of hydrogen-bond donors (Lipinski definition) is 4. The molecular weight excluding hydrogens is 544 g/mol. The highest BCUT2D eigenvalue weighted by molar-refractivity contribution is 7.80. The molecule has 2 aliphatic rings. The van der Waals surface area contributed by atoms with E-state index in [2.05, 4.69) is 22.9 Å². The number of carbonyl (C=O) groups excluding carboxylic acids is 3. The number of carboxylic acids is 1. The summed E-state index contributed by atoms with van der Waals surface area (Å²) < 4.78 is 5.33. The number of amides is 4. The van der Waals surface area contributed by atoms with Crippen LogP contribution in [0.3, 0.4) is 0 Å². The van der Waals surface area contributed by atoms with Gasteiger partial charge in [0, 0.05) is 28.8 Å². The van der Waals surface area contributed by atoms with Gasteiger partial charge in [0.05, 0.1) is 18.4 Å². The van der Waals surface area contributed by atoms with E-state index in [9.17, 15) is 24.3 Å². The predicted molar refractivity (Wildman–Crippen MR) is 155 cm³/mol. The second kappa shape index (κ2) is 10.3. The van der Waals surface area contributed by atoms with Gasteiger partial charge in [0.2, 0.25) is 0 Å². The first-order valence-electron chi connectivity index (χ1n) is 13.0. The number of aromatic amines is 1. The lowest BCUT2D eigenvalue weighted by Gasteiger charge is -2.36. The fraction of sp³-hybridized carbons (Fsp3) is 0.200. The highest BCUT2D eigenvalue weighted by atomic mass is 32.1. The number of anilines is 1. The SMILES string of the molecule is COc1ccc([C@H]2c3[nH]c4ccccc4c3C[C@H]3C(=O)N(c4ccccc4C(=O)N[C@@H](CS)C(=O)O)C(=O)N23)cc1. The molecule has 6 rings (SSSR count). The zero-order valence-electron chi connectivity index (χ0n) is 21.9. The first-order chi connectivity index (χ1) is 19.8. The topological polar surface area (TPSA) is 132 Å². The number of aliphatic carboxylic acids is 1. The number of thiol groups is 1. The molecule has 10 nitrogen and oxygen atoms in total. The fourth-order valence-corrected chi connectivity index (χ4v) is 5.96. The Bertz CT molecular complexity index is 1700. The Balaban J connectivity index is 1.45. The van der Waals surface area contributed by atoms with Crippen LogP contribution in [-0.2, 0) is 16.0 Å². The predicted octanol–water partition coefficient (Wildman–Crippen LogP) is 3.77. The summed E-state index contributed by atoms with van der Waals surface area (Å²) in [5.41, 5.74) is 3.56. The quantitative estimate of drug-likeness (QED) is 0.198. The summed E-state index contributed by atoms with van der Waals surface area (Å²) in [6.07, 6.45) is 0.294. The summed E-state index contributed by atoms with van der Waals surface area (Å²) in [6, 6.07) is 18.1. The molecule has 4 aromatic rings. The number of aromatic nitrogens is 1. The molecule has 3 atom stereocenters. The van der Waals surface area contributed by atoms with Gasteiger partial charge in [-0.25, -0.2) is 14.5 Å². The van der Waals surface area contributed by atoms with E-state index in [-0.39, 0.29) is 17.0 Å². The number of imide groups is 1. The number of ether oxygens (including phenoxy) is 1. The summed E-state index contributed by atoms with van der Waals surface area (Å²) in [6.45, 7) is 0. The summed E-state index contributed by atoms with van der Waals surface area (Å²) >= 11 is 4.01. The minimum absolute atomic E-state index is 0.00653. The Labute approximate surface area is 240 Å². The molecule has 1 aromatic heterocycles. The molecule has 2 aliphatic heterocycles. The Hall–Kier alpha value is -4.77. The molecule has 208 valence electrons. The van der Waals surface area contributed by atoms with Crippen LogP contribution in [0.5, 0.6) is 5.75 Å². The fourth-order valence-electron chi connectivity index (χ4n) is 5.71. The van der Waals surface area contributed by atoms with Gasteiger partial charge in [0.1, 0.15) is 23.9 Å². The molecule has 0 radical (unpaired) electrons. The molecule has 11 heteroatoms. The van der Waals surface area contributed by atoms with Gasteiger partial charge in [0.25, 0.3) is 11.8 Å². The van der Waals surface area contributed by atoms with Crippen LogP contribution < -0.4 is 15.0 Å². The van der Waals surface area contributed by atoms with Crippen molar-refractivity contribution >= 4 is 53.0 Å². The van der Waals surface area contributed by atoms with Crippen LogP contribution in [0.25, 0.3) is 10.9 Å². The highest BCUT2D eigenvalue weighted by Gasteiger charge is 2.53. The molecule has 3 N–H and O–H groups in total. The first-order valence-corrected chi connectivity index (χ1v) is 13.6. The Morgan fingerprint density at radius 1 is 1.07 bits per heavy atom. The van der Waals surface area contributed by atoms with Crippen molar-refractivity contribution in [3.63, 3.8) is 0 Å². The second-order valence-electron chi connectivity index (χ2n) is 9.89. The van der Waals surface area contributed by atoms with Gasteiger partial charge in [-0.05, 0) is 41.5 Å². The Morgan fingerprint density at radius 2 is 1.78 bits per heavy atom. The maximum absolute atomic E-state index is 14.2. The number of carbonyl (C=O) groups is 4. The average molecular weight is 571 g/mol. The zero-order valence-corrected chi connectivity index (χ0v) is 22.8. The molecule has 41 heavy (non-hydrogen) atoms. The molecule has 3 heterocycles. The van der Waals surface area contributed by atoms with Crippen LogP contribution in [-0.4, -0.2) is 63.8 Å². The Kier molecular flexibility index (Phi) is 6.66. The van der Waals surface area contributed by atoms with Crippen molar-refractivity contribution in [1.29, 1.82) is 0 Å². The van der Waals surface area contributed by atoms with Crippen molar-refractivity contribution in [3.8, 4) is 5.75 Å². The lowest BCUT2D eigenvalue weighted by Crippen LogP contribution is -2.44. The average Bonchev–Trinajstić information content (AvgIpc) is 3.48. The van der Waals surface area contributed by atoms with E-state index in [1.807, 2.05) is 36.4 Å². The third-order valence-corrected chi connectivity index (χ3v) is 8.02. The van der Waals surface area contributed by atoms with E-state index in [4.69, 9.17) is 4.74 Å². The minimum Gasteiger partial charge on any atom is -0.497 e. The second-order valence-corrected chi connectivity index (χ2v) is 10.3. The maximum Gasteiger partial charge on any atom is 0.332 e. The largest absolute Gasteiger partial charge is 0.497 e. The van der Waals surface area contributed by atoms with Crippen LogP contribution in [0.1, 0.15) is 33.2 Å². The third kappa shape index (κ3) is 4.29. The van der Waals surface area contributed by atoms with Crippen LogP contribution in [0.15, 0.2) is 72.8 Å². The molecule has 0 unspecified atom stereocenters. The van der Waals surface area contributed by atoms with Crippen molar-refractivity contribution in [1.82, 2.24) is 15.2 Å². The smallest absolute Gasteiger partial charge is 0.332 e. The summed E-state index contributed by atoms with van der Waals surface area (Å²) in [4.78, 5) is 59.0. The molecule has 0 bridgehead atoms. The lowest BCUT2D eigenvalue weighted by molar-refractivity contribution is -0.138. The number of hydrogen-bond acceptors (Lipinski definition) is 6. The molecular formula is C30H26N4O6S. The van der Waals surface area contributed by atoms with E-state index in [0.29, 0.717) is 12.2 Å². The number of urea groups is 1. The number of nitrogens with zero attached hydrogens (tertiary/aromatic N) is 2. The van der Waals surface area contributed by atoms with Crippen molar-refractivity contribution in [3.05, 3.63) is 95.2 Å². The van der Waals surface area contributed by atoms with Gasteiger partial charge in [0.15, 0.2) is 0 Å². The molecule has 0 aliphatic carbocycles. The zero-order chi connectivity index (χ0) is 28.8. The van der Waals surface area contributed by atoms with Crippen LogP contribution in [0.2, 0.25) is 0 Å². The van der Waals surface area contributed by atoms with Crippen molar-refractivity contribution in [2.24, 2.45) is 0 Å². The van der Waals surface area contributed by atoms with Gasteiger partial charge in [-0.2, -0.15) is 12.6 Å². The lowest BCUT2D eigenvalue weighted by atomic mass is 9.89. The molecule has 3 aromatic carbocycles. The van der Waals surface area contributed by atoms with Crippen LogP contribution >= 0.6 is 12.6 Å². The number of benzene rings is 3. The number of nitrogens with one attached hydrogen (secondary N) is 2. The van der Waals surface area contributed by atoms with E-state index >= 15 is 0 Å². The van der Waals surface area contributed by atoms with Gasteiger partial charge in [-0.3, -0.25) is 14.5 Å². The van der Waals surface area contributed by atoms with Gasteiger partial charge >= 0.3 is 12.0 Å². The molecule has 1 saturated heterocycles. The standard InChI is InChI=1S/C30H26N4O6S/c1-40-17-12-10-16(11-13-17)26-25-20(18-6-2-4-8-21(18)31-25)14-24-28(36)34(30(39)33(24)26)23-9-5-3-7-19(23)27(35)32-22(15-41)29(37)38/h2-13,22,24,26,31,41H,14-15H2,1H3,(H,32,35)(H,37,38)/t22-,24-,26-/m0/s1. The number of carboxylic acid groups (broad SMARTS) is 1. The number of para-hydroxylation sites is 2. The molecule has 0 spiro atoms.